The van der Waals surface area contributed by atoms with Gasteiger partial charge in [0.1, 0.15) is 5.69 Å². The van der Waals surface area contributed by atoms with Crippen molar-refractivity contribution in [1.82, 2.24) is 4.57 Å². The number of carbonyl (C=O) groups is 2. The number of fused-ring (bicyclic) bond motifs is 1. The zero-order chi connectivity index (χ0) is 11.9. The number of carbonyl (C=O) groups excluding carboxylic acids is 1. The van der Waals surface area contributed by atoms with Gasteiger partial charge in [-0.2, -0.15) is 0 Å². The van der Waals surface area contributed by atoms with Gasteiger partial charge in [0.05, 0.1) is 10.5 Å². The van der Waals surface area contributed by atoms with Crippen molar-refractivity contribution in [2.24, 2.45) is 0 Å². The number of carboxylic acids is 1. The van der Waals surface area contributed by atoms with Gasteiger partial charge >= 0.3 is 5.97 Å². The number of halogens is 2. The van der Waals surface area contributed by atoms with Crippen LogP contribution in [0.3, 0.4) is 0 Å². The minimum Gasteiger partial charge on any atom is -0.477 e. The molecule has 0 bridgehead atoms. The summed E-state index contributed by atoms with van der Waals surface area (Å²) in [6.45, 7) is 0. The predicted molar refractivity (Wildman–Crippen MR) is 61.1 cm³/mol. The molecule has 0 saturated carbocycles. The minimum atomic E-state index is -1.20. The lowest BCUT2D eigenvalue weighted by Crippen LogP contribution is -2.06. The van der Waals surface area contributed by atoms with Gasteiger partial charge in [-0.25, -0.2) is 4.79 Å². The van der Waals surface area contributed by atoms with Crippen molar-refractivity contribution in [2.45, 2.75) is 0 Å². The van der Waals surface area contributed by atoms with E-state index >= 15 is 0 Å². The van der Waals surface area contributed by atoms with E-state index in [0.717, 1.165) is 4.57 Å². The smallest absolute Gasteiger partial charge is 0.352 e. The van der Waals surface area contributed by atoms with E-state index < -0.39 is 5.97 Å². The Balaban J connectivity index is 2.92. The second-order valence-electron chi connectivity index (χ2n) is 3.13. The van der Waals surface area contributed by atoms with E-state index in [2.05, 4.69) is 0 Å². The number of carboxylic acid groups (broad SMARTS) is 1. The molecule has 1 N–H and O–H groups in total. The van der Waals surface area contributed by atoms with Crippen LogP contribution in [0.5, 0.6) is 0 Å². The molecule has 16 heavy (non-hydrogen) atoms. The number of nitrogens with zero attached hydrogens (tertiary/aromatic N) is 1. The third-order valence-corrected chi connectivity index (χ3v) is 2.73. The lowest BCUT2D eigenvalue weighted by Gasteiger charge is -1.99. The number of aromatic carboxylic acids is 1. The maximum atomic E-state index is 10.9. The highest BCUT2D eigenvalue weighted by Gasteiger charge is 2.16. The molecule has 2 rings (SSSR count). The molecule has 0 radical (unpaired) electrons. The Labute approximate surface area is 100.0 Å². The van der Waals surface area contributed by atoms with Gasteiger partial charge in [0, 0.05) is 10.4 Å². The van der Waals surface area contributed by atoms with Crippen LogP contribution < -0.4 is 0 Å². The summed E-state index contributed by atoms with van der Waals surface area (Å²) in [5.74, 6) is -1.20. The van der Waals surface area contributed by atoms with Crippen LogP contribution in [0.1, 0.15) is 10.5 Å². The number of benzene rings is 1. The average molecular weight is 258 g/mol. The molecule has 0 unspecified atom stereocenters. The predicted octanol–water partition coefficient (Wildman–Crippen LogP) is 2.68. The molecule has 6 heteroatoms. The number of hydrogen-bond donors (Lipinski definition) is 1. The van der Waals surface area contributed by atoms with E-state index in [1.807, 2.05) is 0 Å². The van der Waals surface area contributed by atoms with E-state index in [0.29, 0.717) is 27.4 Å². The first-order chi connectivity index (χ1) is 7.54. The van der Waals surface area contributed by atoms with E-state index in [4.69, 9.17) is 28.3 Å². The van der Waals surface area contributed by atoms with Gasteiger partial charge in [0.2, 0.25) is 6.41 Å². The van der Waals surface area contributed by atoms with Gasteiger partial charge in [-0.05, 0) is 18.2 Å². The molecule has 0 spiro atoms. The van der Waals surface area contributed by atoms with Crippen LogP contribution in [-0.2, 0) is 4.79 Å². The molecular weight excluding hydrogens is 253 g/mol. The number of rotatable bonds is 2. The van der Waals surface area contributed by atoms with Gasteiger partial charge in [0.15, 0.2) is 0 Å². The van der Waals surface area contributed by atoms with E-state index in [1.54, 1.807) is 0 Å². The van der Waals surface area contributed by atoms with Crippen LogP contribution in [0, 0.1) is 0 Å². The van der Waals surface area contributed by atoms with Crippen molar-refractivity contribution >= 4 is 46.5 Å². The molecule has 0 aliphatic rings. The van der Waals surface area contributed by atoms with Gasteiger partial charge < -0.3 is 5.11 Å². The zero-order valence-electron chi connectivity index (χ0n) is 7.78. The molecule has 1 aromatic heterocycles. The van der Waals surface area contributed by atoms with E-state index in [1.165, 1.54) is 18.2 Å². The highest BCUT2D eigenvalue weighted by Crippen LogP contribution is 2.30. The highest BCUT2D eigenvalue weighted by atomic mass is 35.5. The van der Waals surface area contributed by atoms with Gasteiger partial charge in [-0.15, -0.1) is 0 Å². The Morgan fingerprint density at radius 1 is 1.31 bits per heavy atom. The molecule has 82 valence electrons. The average Bonchev–Trinajstić information content (AvgIpc) is 2.56. The Hall–Kier alpha value is -1.52. The zero-order valence-corrected chi connectivity index (χ0v) is 9.29. The van der Waals surface area contributed by atoms with Crippen LogP contribution in [0.15, 0.2) is 18.2 Å². The lowest BCUT2D eigenvalue weighted by molar-refractivity contribution is 0.0689. The standard InChI is InChI=1S/C10H5Cl2NO3/c11-5-1-7(12)6-3-9(10(15)16)13(4-14)8(6)2-5/h1-4H,(H,15,16). The molecule has 0 atom stereocenters. The maximum Gasteiger partial charge on any atom is 0.352 e. The quantitative estimate of drug-likeness (QED) is 0.842. The monoisotopic (exact) mass is 257 g/mol. The fourth-order valence-electron chi connectivity index (χ4n) is 1.53. The van der Waals surface area contributed by atoms with Crippen molar-refractivity contribution in [2.75, 3.05) is 0 Å². The highest BCUT2D eigenvalue weighted by molar-refractivity contribution is 6.38. The second-order valence-corrected chi connectivity index (χ2v) is 3.97. The van der Waals surface area contributed by atoms with Crippen LogP contribution >= 0.6 is 23.2 Å². The van der Waals surface area contributed by atoms with Gasteiger partial charge in [0.25, 0.3) is 0 Å². The number of hydrogen-bond acceptors (Lipinski definition) is 2. The lowest BCUT2D eigenvalue weighted by atomic mass is 10.2. The van der Waals surface area contributed by atoms with Gasteiger partial charge in [-0.3, -0.25) is 9.36 Å². The van der Waals surface area contributed by atoms with Crippen molar-refractivity contribution in [1.29, 1.82) is 0 Å². The second kappa shape index (κ2) is 3.81. The Kier molecular flexibility index (Phi) is 2.61. The third-order valence-electron chi connectivity index (χ3n) is 2.20. The summed E-state index contributed by atoms with van der Waals surface area (Å²) >= 11 is 11.7. The first-order valence-corrected chi connectivity index (χ1v) is 4.98. The molecule has 0 saturated heterocycles. The van der Waals surface area contributed by atoms with Crippen molar-refractivity contribution < 1.29 is 14.7 Å². The molecule has 1 heterocycles. The van der Waals surface area contributed by atoms with Crippen LogP contribution in [0.25, 0.3) is 10.9 Å². The fourth-order valence-corrected chi connectivity index (χ4v) is 2.06. The summed E-state index contributed by atoms with van der Waals surface area (Å²) in [7, 11) is 0. The van der Waals surface area contributed by atoms with Crippen molar-refractivity contribution in [3.05, 3.63) is 33.9 Å². The van der Waals surface area contributed by atoms with Crippen LogP contribution in [-0.4, -0.2) is 22.1 Å². The summed E-state index contributed by atoms with van der Waals surface area (Å²) in [5, 5.41) is 10.0. The minimum absolute atomic E-state index is 0.144. The van der Waals surface area contributed by atoms with Crippen LogP contribution in [0.4, 0.5) is 0 Å². The molecule has 4 nitrogen and oxygen atoms in total. The summed E-state index contributed by atoms with van der Waals surface area (Å²) in [5.41, 5.74) is 0.235. The normalized spacial score (nSPS) is 10.6. The molecule has 0 amide bonds. The maximum absolute atomic E-state index is 10.9. The Morgan fingerprint density at radius 2 is 2.00 bits per heavy atom. The van der Waals surface area contributed by atoms with Crippen molar-refractivity contribution in [3.8, 4) is 0 Å². The topological polar surface area (TPSA) is 59.3 Å². The Morgan fingerprint density at radius 3 is 2.56 bits per heavy atom. The van der Waals surface area contributed by atoms with E-state index in [9.17, 15) is 9.59 Å². The van der Waals surface area contributed by atoms with E-state index in [-0.39, 0.29) is 5.69 Å². The molecule has 0 fully saturated rings. The third kappa shape index (κ3) is 1.56. The molecule has 0 aliphatic heterocycles. The molecule has 1 aromatic carbocycles. The van der Waals surface area contributed by atoms with Crippen molar-refractivity contribution in [3.63, 3.8) is 0 Å². The summed E-state index contributed by atoms with van der Waals surface area (Å²) in [6.07, 6.45) is 0.415. The molecule has 2 aromatic rings. The first kappa shape index (κ1) is 11.0. The summed E-state index contributed by atoms with van der Waals surface area (Å²) in [4.78, 5) is 21.7. The largest absolute Gasteiger partial charge is 0.477 e. The summed E-state index contributed by atoms with van der Waals surface area (Å²) < 4.78 is 0.995. The molecular formula is C10H5Cl2NO3. The van der Waals surface area contributed by atoms with Gasteiger partial charge in [-0.1, -0.05) is 23.2 Å². The fraction of sp³-hybridized carbons (Fsp3) is 0. The summed E-state index contributed by atoms with van der Waals surface area (Å²) in [6, 6.07) is 4.32. The SMILES string of the molecule is O=Cn1c(C(=O)O)cc2c(Cl)cc(Cl)cc21. The first-order valence-electron chi connectivity index (χ1n) is 4.23. The Bertz CT molecular complexity index is 604. The molecule has 0 aliphatic carbocycles. The van der Waals surface area contributed by atoms with Crippen LogP contribution in [0.2, 0.25) is 10.0 Å². The number of aromatic nitrogens is 1.